The minimum Gasteiger partial charge on any atom is -0.495 e. The van der Waals surface area contributed by atoms with E-state index in [0.29, 0.717) is 0 Å². The van der Waals surface area contributed by atoms with Crippen LogP contribution in [0.1, 0.15) is 5.69 Å². The summed E-state index contributed by atoms with van der Waals surface area (Å²) in [6.45, 7) is 1.97. The number of ether oxygens (including phenoxy) is 1. The molecule has 2 rings (SSSR count). The highest BCUT2D eigenvalue weighted by Crippen LogP contribution is 2.26. The van der Waals surface area contributed by atoms with Crippen LogP contribution in [-0.2, 0) is 0 Å². The fourth-order valence-electron chi connectivity index (χ4n) is 1.61. The molecule has 0 atom stereocenters. The number of hydrogen-bond donors (Lipinski definition) is 1. The molecule has 0 bridgehead atoms. The Morgan fingerprint density at radius 3 is 2.75 bits per heavy atom. The van der Waals surface area contributed by atoms with Crippen LogP contribution in [0.3, 0.4) is 0 Å². The van der Waals surface area contributed by atoms with Crippen LogP contribution in [0.15, 0.2) is 30.7 Å². The predicted molar refractivity (Wildman–Crippen MR) is 64.4 cm³/mol. The Bertz CT molecular complexity index is 491. The van der Waals surface area contributed by atoms with Gasteiger partial charge in [-0.3, -0.25) is 0 Å². The van der Waals surface area contributed by atoms with Crippen molar-refractivity contribution in [2.24, 2.45) is 0 Å². The van der Waals surface area contributed by atoms with Gasteiger partial charge in [0, 0.05) is 18.9 Å². The van der Waals surface area contributed by atoms with Crippen LogP contribution in [-0.4, -0.2) is 23.7 Å². The van der Waals surface area contributed by atoms with Crippen LogP contribution in [0.25, 0.3) is 5.69 Å². The minimum absolute atomic E-state index is 0.836. The van der Waals surface area contributed by atoms with E-state index in [2.05, 4.69) is 10.3 Å². The summed E-state index contributed by atoms with van der Waals surface area (Å²) in [6.07, 6.45) is 3.79. The molecule has 1 aromatic heterocycles. The van der Waals surface area contributed by atoms with Crippen LogP contribution in [0.5, 0.6) is 5.75 Å². The van der Waals surface area contributed by atoms with Crippen molar-refractivity contribution in [3.8, 4) is 11.4 Å². The van der Waals surface area contributed by atoms with Crippen LogP contribution in [0.2, 0.25) is 0 Å². The summed E-state index contributed by atoms with van der Waals surface area (Å²) >= 11 is 0. The van der Waals surface area contributed by atoms with Crippen LogP contribution in [0.4, 0.5) is 5.69 Å². The summed E-state index contributed by atoms with van der Waals surface area (Å²) < 4.78 is 7.23. The Labute approximate surface area is 94.9 Å². The topological polar surface area (TPSA) is 39.1 Å². The lowest BCUT2D eigenvalue weighted by atomic mass is 10.2. The van der Waals surface area contributed by atoms with Gasteiger partial charge in [-0.05, 0) is 25.1 Å². The molecule has 1 aromatic carbocycles. The first kappa shape index (κ1) is 10.5. The number of aromatic nitrogens is 2. The van der Waals surface area contributed by atoms with Gasteiger partial charge in [0.05, 0.1) is 24.8 Å². The number of rotatable bonds is 3. The maximum Gasteiger partial charge on any atom is 0.142 e. The number of imidazole rings is 1. The summed E-state index contributed by atoms with van der Waals surface area (Å²) in [5.41, 5.74) is 3.03. The fraction of sp³-hybridized carbons (Fsp3) is 0.250. The van der Waals surface area contributed by atoms with Crippen molar-refractivity contribution < 1.29 is 4.74 Å². The molecule has 0 aliphatic rings. The Balaban J connectivity index is 2.43. The summed E-state index contributed by atoms with van der Waals surface area (Å²) in [5, 5.41) is 3.10. The van der Waals surface area contributed by atoms with E-state index in [1.54, 1.807) is 13.4 Å². The monoisotopic (exact) mass is 217 g/mol. The molecular weight excluding hydrogens is 202 g/mol. The molecule has 0 aliphatic carbocycles. The first-order valence-corrected chi connectivity index (χ1v) is 5.11. The average molecular weight is 217 g/mol. The Kier molecular flexibility index (Phi) is 2.81. The maximum absolute atomic E-state index is 5.24. The first-order chi connectivity index (χ1) is 7.74. The van der Waals surface area contributed by atoms with E-state index in [1.807, 2.05) is 42.9 Å². The molecule has 0 aliphatic heterocycles. The molecule has 2 aromatic rings. The van der Waals surface area contributed by atoms with E-state index in [-0.39, 0.29) is 0 Å². The van der Waals surface area contributed by atoms with Gasteiger partial charge in [-0.15, -0.1) is 0 Å². The third-order valence-corrected chi connectivity index (χ3v) is 2.46. The molecule has 0 saturated carbocycles. The van der Waals surface area contributed by atoms with Crippen molar-refractivity contribution in [3.63, 3.8) is 0 Å². The highest BCUT2D eigenvalue weighted by Gasteiger charge is 2.04. The molecule has 0 amide bonds. The van der Waals surface area contributed by atoms with Crippen molar-refractivity contribution >= 4 is 5.69 Å². The molecule has 4 heteroatoms. The van der Waals surface area contributed by atoms with Gasteiger partial charge in [0.25, 0.3) is 0 Å². The van der Waals surface area contributed by atoms with Gasteiger partial charge >= 0.3 is 0 Å². The quantitative estimate of drug-likeness (QED) is 0.856. The summed E-state index contributed by atoms with van der Waals surface area (Å²) in [5.74, 6) is 0.836. The van der Waals surface area contributed by atoms with Gasteiger partial charge in [0.15, 0.2) is 0 Å². The van der Waals surface area contributed by atoms with Gasteiger partial charge in [0.1, 0.15) is 5.75 Å². The van der Waals surface area contributed by atoms with Crippen molar-refractivity contribution in [3.05, 3.63) is 36.4 Å². The largest absolute Gasteiger partial charge is 0.495 e. The standard InChI is InChI=1S/C12H15N3O/c1-9-7-15(8-14-9)10-4-5-12(16-3)11(6-10)13-2/h4-8,13H,1-3H3. The van der Waals surface area contributed by atoms with Gasteiger partial charge in [-0.2, -0.15) is 0 Å². The zero-order valence-electron chi connectivity index (χ0n) is 9.69. The van der Waals surface area contributed by atoms with E-state index in [9.17, 15) is 0 Å². The molecule has 84 valence electrons. The van der Waals surface area contributed by atoms with Crippen LogP contribution in [0, 0.1) is 6.92 Å². The van der Waals surface area contributed by atoms with E-state index in [4.69, 9.17) is 4.74 Å². The van der Waals surface area contributed by atoms with Crippen molar-refractivity contribution in [1.82, 2.24) is 9.55 Å². The maximum atomic E-state index is 5.24. The molecule has 0 fully saturated rings. The molecule has 0 radical (unpaired) electrons. The van der Waals surface area contributed by atoms with Crippen LogP contribution < -0.4 is 10.1 Å². The second-order valence-corrected chi connectivity index (χ2v) is 3.56. The first-order valence-electron chi connectivity index (χ1n) is 5.11. The Hall–Kier alpha value is -1.97. The third-order valence-electron chi connectivity index (χ3n) is 2.46. The fourth-order valence-corrected chi connectivity index (χ4v) is 1.61. The van der Waals surface area contributed by atoms with Crippen molar-refractivity contribution in [1.29, 1.82) is 0 Å². The number of benzene rings is 1. The molecule has 0 unspecified atom stereocenters. The number of anilines is 1. The SMILES string of the molecule is CNc1cc(-n2cnc(C)c2)ccc1OC. The summed E-state index contributed by atoms with van der Waals surface area (Å²) in [7, 11) is 3.54. The van der Waals surface area contributed by atoms with Gasteiger partial charge in [-0.1, -0.05) is 0 Å². The van der Waals surface area contributed by atoms with Gasteiger partial charge < -0.3 is 14.6 Å². The Morgan fingerprint density at radius 2 is 2.19 bits per heavy atom. The average Bonchev–Trinajstić information content (AvgIpc) is 2.75. The normalized spacial score (nSPS) is 10.2. The second-order valence-electron chi connectivity index (χ2n) is 3.56. The predicted octanol–water partition coefficient (Wildman–Crippen LogP) is 2.23. The third kappa shape index (κ3) is 1.86. The van der Waals surface area contributed by atoms with Gasteiger partial charge in [0.2, 0.25) is 0 Å². The molecular formula is C12H15N3O. The van der Waals surface area contributed by atoms with E-state index < -0.39 is 0 Å². The molecule has 4 nitrogen and oxygen atoms in total. The second kappa shape index (κ2) is 4.26. The highest BCUT2D eigenvalue weighted by atomic mass is 16.5. The van der Waals surface area contributed by atoms with E-state index >= 15 is 0 Å². The molecule has 0 saturated heterocycles. The zero-order valence-corrected chi connectivity index (χ0v) is 9.69. The summed E-state index contributed by atoms with van der Waals surface area (Å²) in [6, 6.07) is 5.97. The smallest absolute Gasteiger partial charge is 0.142 e. The van der Waals surface area contributed by atoms with Gasteiger partial charge in [-0.25, -0.2) is 4.98 Å². The molecule has 1 N–H and O–H groups in total. The lowest BCUT2D eigenvalue weighted by molar-refractivity contribution is 0.416. The lowest BCUT2D eigenvalue weighted by Gasteiger charge is -2.10. The zero-order chi connectivity index (χ0) is 11.5. The highest BCUT2D eigenvalue weighted by molar-refractivity contribution is 5.61. The van der Waals surface area contributed by atoms with Crippen molar-refractivity contribution in [2.75, 3.05) is 19.5 Å². The number of hydrogen-bond acceptors (Lipinski definition) is 3. The van der Waals surface area contributed by atoms with Crippen LogP contribution >= 0.6 is 0 Å². The van der Waals surface area contributed by atoms with E-state index in [1.165, 1.54) is 0 Å². The molecule has 1 heterocycles. The number of nitrogens with zero attached hydrogens (tertiary/aromatic N) is 2. The number of nitrogens with one attached hydrogen (secondary N) is 1. The minimum atomic E-state index is 0.836. The lowest BCUT2D eigenvalue weighted by Crippen LogP contribution is -1.97. The molecule has 0 spiro atoms. The number of methoxy groups -OCH3 is 1. The Morgan fingerprint density at radius 1 is 1.38 bits per heavy atom. The van der Waals surface area contributed by atoms with E-state index in [0.717, 1.165) is 22.8 Å². The summed E-state index contributed by atoms with van der Waals surface area (Å²) in [4.78, 5) is 4.20. The number of aryl methyl sites for hydroxylation is 1. The molecule has 16 heavy (non-hydrogen) atoms. The van der Waals surface area contributed by atoms with Crippen molar-refractivity contribution in [2.45, 2.75) is 6.92 Å².